The second-order valence-electron chi connectivity index (χ2n) is 5.16. The van der Waals surface area contributed by atoms with Crippen molar-refractivity contribution in [3.63, 3.8) is 0 Å². The molecule has 2 rings (SSSR count). The molecule has 10 heteroatoms. The quantitative estimate of drug-likeness (QED) is 0.676. The highest BCUT2D eigenvalue weighted by atomic mass is 79.9. The Morgan fingerprint density at radius 1 is 1.50 bits per heavy atom. The Morgan fingerprint density at radius 3 is 2.71 bits per heavy atom. The molecule has 0 N–H and O–H groups in total. The molecular formula is C14H12BrClF3NO3S. The van der Waals surface area contributed by atoms with Gasteiger partial charge in [-0.05, 0) is 27.9 Å². The fourth-order valence-corrected chi connectivity index (χ4v) is 4.11. The van der Waals surface area contributed by atoms with Crippen LogP contribution in [-0.2, 0) is 9.59 Å². The minimum Gasteiger partial charge on any atom is -0.406 e. The molecule has 132 valence electrons. The Kier molecular flexibility index (Phi) is 6.09. The standard InChI is InChI=1S/C14H12BrClF3NO3S/c1-7(21)24-6-8-2-12(22)20(5-8)13-10(15)3-9(4-11(13)16)23-14(17,18)19/h3-4,8H,2,5-6H2,1H3. The molecule has 0 aliphatic carbocycles. The van der Waals surface area contributed by atoms with Crippen molar-refractivity contribution >= 4 is 56.0 Å². The van der Waals surface area contributed by atoms with Gasteiger partial charge in [0.05, 0.1) is 10.7 Å². The number of rotatable bonds is 4. The number of benzene rings is 1. The lowest BCUT2D eigenvalue weighted by Gasteiger charge is -2.21. The maximum Gasteiger partial charge on any atom is 0.573 e. The molecule has 1 fully saturated rings. The van der Waals surface area contributed by atoms with Crippen LogP contribution in [0.15, 0.2) is 16.6 Å². The number of anilines is 1. The Bertz CT molecular complexity index is 648. The number of halogens is 5. The number of carbonyl (C=O) groups is 2. The lowest BCUT2D eigenvalue weighted by molar-refractivity contribution is -0.274. The lowest BCUT2D eigenvalue weighted by atomic mass is 10.1. The average molecular weight is 447 g/mol. The third kappa shape index (κ3) is 5.03. The molecule has 0 aromatic heterocycles. The van der Waals surface area contributed by atoms with Crippen LogP contribution in [0, 0.1) is 5.92 Å². The lowest BCUT2D eigenvalue weighted by Crippen LogP contribution is -2.25. The van der Waals surface area contributed by atoms with E-state index in [1.54, 1.807) is 0 Å². The van der Waals surface area contributed by atoms with Crippen LogP contribution >= 0.6 is 39.3 Å². The molecule has 1 aromatic carbocycles. The molecule has 1 unspecified atom stereocenters. The number of carbonyl (C=O) groups excluding carboxylic acids is 2. The third-order valence-corrected chi connectivity index (χ3v) is 5.16. The normalized spacial score (nSPS) is 18.2. The van der Waals surface area contributed by atoms with Gasteiger partial charge in [0.25, 0.3) is 0 Å². The zero-order valence-corrected chi connectivity index (χ0v) is 15.5. The Labute approximate surface area is 153 Å². The first-order valence-corrected chi connectivity index (χ1v) is 8.91. The molecule has 0 bridgehead atoms. The molecular weight excluding hydrogens is 435 g/mol. The molecule has 1 aliphatic rings. The van der Waals surface area contributed by atoms with Gasteiger partial charge in [0, 0.05) is 36.2 Å². The van der Waals surface area contributed by atoms with Crippen molar-refractivity contribution in [1.82, 2.24) is 0 Å². The first kappa shape index (κ1) is 19.4. The van der Waals surface area contributed by atoms with Gasteiger partial charge in [-0.2, -0.15) is 0 Å². The van der Waals surface area contributed by atoms with Gasteiger partial charge >= 0.3 is 6.36 Å². The van der Waals surface area contributed by atoms with Gasteiger partial charge < -0.3 is 9.64 Å². The van der Waals surface area contributed by atoms with Gasteiger partial charge in [-0.15, -0.1) is 13.2 Å². The Balaban J connectivity index is 2.20. The summed E-state index contributed by atoms with van der Waals surface area (Å²) in [5, 5.41) is -0.0642. The maximum atomic E-state index is 12.3. The van der Waals surface area contributed by atoms with E-state index in [0.717, 1.165) is 23.9 Å². The van der Waals surface area contributed by atoms with Crippen LogP contribution < -0.4 is 9.64 Å². The Morgan fingerprint density at radius 2 is 2.17 bits per heavy atom. The summed E-state index contributed by atoms with van der Waals surface area (Å²) >= 11 is 10.3. The maximum absolute atomic E-state index is 12.3. The first-order valence-electron chi connectivity index (χ1n) is 6.75. The second-order valence-corrected chi connectivity index (χ2v) is 7.62. The monoisotopic (exact) mass is 445 g/mol. The molecule has 1 aliphatic heterocycles. The summed E-state index contributed by atoms with van der Waals surface area (Å²) in [5.74, 6) is -0.197. The SMILES string of the molecule is CC(=O)SCC1CC(=O)N(c2c(Cl)cc(OC(F)(F)F)cc2Br)C1. The summed E-state index contributed by atoms with van der Waals surface area (Å²) in [6.45, 7) is 1.79. The largest absolute Gasteiger partial charge is 0.573 e. The van der Waals surface area contributed by atoms with E-state index in [0.29, 0.717) is 18.0 Å². The van der Waals surface area contributed by atoms with Crippen LogP contribution in [0.25, 0.3) is 0 Å². The van der Waals surface area contributed by atoms with E-state index in [2.05, 4.69) is 20.7 Å². The fraction of sp³-hybridized carbons (Fsp3) is 0.429. The molecule has 1 atom stereocenters. The summed E-state index contributed by atoms with van der Waals surface area (Å²) in [6.07, 6.45) is -4.58. The topological polar surface area (TPSA) is 46.6 Å². The number of ether oxygens (including phenoxy) is 1. The van der Waals surface area contributed by atoms with Crippen LogP contribution in [0.5, 0.6) is 5.75 Å². The van der Waals surface area contributed by atoms with Gasteiger partial charge in [0.15, 0.2) is 5.12 Å². The van der Waals surface area contributed by atoms with Crippen molar-refractivity contribution in [3.8, 4) is 5.75 Å². The summed E-state index contributed by atoms with van der Waals surface area (Å²) in [6, 6.07) is 2.12. The smallest absolute Gasteiger partial charge is 0.406 e. The molecule has 1 amide bonds. The summed E-state index contributed by atoms with van der Waals surface area (Å²) in [5.41, 5.74) is 0.298. The molecule has 0 saturated carbocycles. The van der Waals surface area contributed by atoms with E-state index in [9.17, 15) is 22.8 Å². The van der Waals surface area contributed by atoms with E-state index >= 15 is 0 Å². The van der Waals surface area contributed by atoms with Gasteiger partial charge in [-0.1, -0.05) is 23.4 Å². The second kappa shape index (κ2) is 7.53. The number of amides is 1. The third-order valence-electron chi connectivity index (χ3n) is 3.22. The van der Waals surface area contributed by atoms with Crippen LogP contribution in [0.4, 0.5) is 18.9 Å². The minimum absolute atomic E-state index is 0.0273. The van der Waals surface area contributed by atoms with Gasteiger partial charge in [-0.25, -0.2) is 0 Å². The number of hydrogen-bond acceptors (Lipinski definition) is 4. The highest BCUT2D eigenvalue weighted by Gasteiger charge is 2.35. The van der Waals surface area contributed by atoms with E-state index in [1.165, 1.54) is 11.8 Å². The summed E-state index contributed by atoms with van der Waals surface area (Å²) in [4.78, 5) is 24.6. The van der Waals surface area contributed by atoms with Crippen molar-refractivity contribution < 1.29 is 27.5 Å². The molecule has 0 spiro atoms. The van der Waals surface area contributed by atoms with Crippen molar-refractivity contribution in [2.45, 2.75) is 19.7 Å². The van der Waals surface area contributed by atoms with Crippen molar-refractivity contribution in [3.05, 3.63) is 21.6 Å². The van der Waals surface area contributed by atoms with Crippen molar-refractivity contribution in [2.24, 2.45) is 5.92 Å². The first-order chi connectivity index (χ1) is 11.1. The van der Waals surface area contributed by atoms with Gasteiger partial charge in [-0.3, -0.25) is 9.59 Å². The van der Waals surface area contributed by atoms with Gasteiger partial charge in [0.1, 0.15) is 5.75 Å². The van der Waals surface area contributed by atoms with Crippen molar-refractivity contribution in [1.29, 1.82) is 0 Å². The Hall–Kier alpha value is -0.930. The molecule has 1 heterocycles. The number of nitrogens with zero attached hydrogens (tertiary/aromatic N) is 1. The summed E-state index contributed by atoms with van der Waals surface area (Å²) < 4.78 is 40.9. The molecule has 1 aromatic rings. The van der Waals surface area contributed by atoms with Crippen LogP contribution in [0.1, 0.15) is 13.3 Å². The number of alkyl halides is 3. The van der Waals surface area contributed by atoms with E-state index in [4.69, 9.17) is 11.6 Å². The molecule has 0 radical (unpaired) electrons. The van der Waals surface area contributed by atoms with Crippen molar-refractivity contribution in [2.75, 3.05) is 17.2 Å². The van der Waals surface area contributed by atoms with Crippen LogP contribution in [0.3, 0.4) is 0 Å². The van der Waals surface area contributed by atoms with Gasteiger partial charge in [0.2, 0.25) is 5.91 Å². The summed E-state index contributed by atoms with van der Waals surface area (Å²) in [7, 11) is 0. The predicted molar refractivity (Wildman–Crippen MR) is 89.4 cm³/mol. The zero-order chi connectivity index (χ0) is 18.1. The molecule has 4 nitrogen and oxygen atoms in total. The highest BCUT2D eigenvalue weighted by Crippen LogP contribution is 2.41. The molecule has 1 saturated heterocycles. The number of thioether (sulfide) groups is 1. The highest BCUT2D eigenvalue weighted by molar-refractivity contribution is 9.10. The van der Waals surface area contributed by atoms with Crippen LogP contribution in [-0.4, -0.2) is 29.7 Å². The fourth-order valence-electron chi connectivity index (χ4n) is 2.34. The minimum atomic E-state index is -4.83. The van der Waals surface area contributed by atoms with Crippen LogP contribution in [0.2, 0.25) is 5.02 Å². The number of hydrogen-bond donors (Lipinski definition) is 0. The van der Waals surface area contributed by atoms with E-state index in [1.807, 2.05) is 0 Å². The molecule has 24 heavy (non-hydrogen) atoms. The zero-order valence-electron chi connectivity index (χ0n) is 12.3. The van der Waals surface area contributed by atoms with E-state index < -0.39 is 12.1 Å². The predicted octanol–water partition coefficient (Wildman–Crippen LogP) is 4.63. The average Bonchev–Trinajstić information content (AvgIpc) is 2.75. The van der Waals surface area contributed by atoms with E-state index in [-0.39, 0.29) is 32.9 Å².